The predicted molar refractivity (Wildman–Crippen MR) is 91.7 cm³/mol. The average molecular weight is 362 g/mol. The Balaban J connectivity index is 1.99. The van der Waals surface area contributed by atoms with Gasteiger partial charge in [0.25, 0.3) is 0 Å². The molecule has 0 aromatic rings. The first-order chi connectivity index (χ1) is 11.3. The molecule has 2 fully saturated rings. The van der Waals surface area contributed by atoms with Crippen molar-refractivity contribution in [2.24, 2.45) is 5.41 Å². The Morgan fingerprint density at radius 2 is 2.04 bits per heavy atom. The van der Waals surface area contributed by atoms with Gasteiger partial charge in [-0.2, -0.15) is 0 Å². The Hall–Kier alpha value is -0.460. The molecule has 2 aliphatic rings. The quantitative estimate of drug-likeness (QED) is 0.575. The van der Waals surface area contributed by atoms with Crippen molar-refractivity contribution in [1.29, 1.82) is 0 Å². The molecule has 0 amide bonds. The van der Waals surface area contributed by atoms with E-state index in [1.807, 2.05) is 11.6 Å². The van der Waals surface area contributed by atoms with Crippen LogP contribution in [0.3, 0.4) is 0 Å². The van der Waals surface area contributed by atoms with Crippen LogP contribution in [0.4, 0.5) is 0 Å². The van der Waals surface area contributed by atoms with Gasteiger partial charge in [-0.1, -0.05) is 20.3 Å². The zero-order chi connectivity index (χ0) is 17.8. The number of carbonyl (C=O) groups is 1. The highest BCUT2D eigenvalue weighted by molar-refractivity contribution is 7.51. The Morgan fingerprint density at radius 1 is 1.38 bits per heavy atom. The maximum absolute atomic E-state index is 13.2. The molecule has 2 saturated heterocycles. The summed E-state index contributed by atoms with van der Waals surface area (Å²) in [5.74, 6) is -0.249. The lowest BCUT2D eigenvalue weighted by Crippen LogP contribution is -2.52. The van der Waals surface area contributed by atoms with E-state index < -0.39 is 7.75 Å². The number of esters is 1. The highest BCUT2D eigenvalue weighted by Gasteiger charge is 2.49. The predicted octanol–water partition coefficient (Wildman–Crippen LogP) is 2.56. The van der Waals surface area contributed by atoms with Gasteiger partial charge in [0.05, 0.1) is 26.2 Å². The Morgan fingerprint density at radius 3 is 2.67 bits per heavy atom. The van der Waals surface area contributed by atoms with Crippen LogP contribution in [0, 0.1) is 5.41 Å². The fraction of sp³-hybridized carbons (Fsp3) is 0.938. The molecule has 0 aliphatic carbocycles. The third-order valence-corrected chi connectivity index (χ3v) is 6.81. The molecule has 0 radical (unpaired) electrons. The first-order valence-electron chi connectivity index (χ1n) is 8.77. The van der Waals surface area contributed by atoms with E-state index in [0.717, 1.165) is 32.4 Å². The summed E-state index contributed by atoms with van der Waals surface area (Å²) >= 11 is 0. The molecule has 0 spiro atoms. The average Bonchev–Trinajstić information content (AvgIpc) is 2.57. The second kappa shape index (κ2) is 8.28. The number of hydrogen-bond acceptors (Lipinski definition) is 6. The number of nitrogens with zero attached hydrogens (tertiary/aromatic N) is 1. The van der Waals surface area contributed by atoms with E-state index in [1.165, 1.54) is 7.11 Å². The Kier molecular flexibility index (Phi) is 6.85. The molecule has 0 bridgehead atoms. The third-order valence-electron chi connectivity index (χ3n) is 4.77. The number of ether oxygens (including phenoxy) is 1. The number of piperidine rings is 1. The number of carbonyl (C=O) groups excluding carboxylic acids is 1. The van der Waals surface area contributed by atoms with Crippen LogP contribution in [-0.4, -0.2) is 56.1 Å². The van der Waals surface area contributed by atoms with Crippen LogP contribution in [0.15, 0.2) is 0 Å². The van der Waals surface area contributed by atoms with Crippen LogP contribution in [0.1, 0.15) is 46.5 Å². The van der Waals surface area contributed by atoms with Crippen molar-refractivity contribution >= 4 is 13.7 Å². The lowest BCUT2D eigenvalue weighted by Gasteiger charge is -2.47. The van der Waals surface area contributed by atoms with Crippen molar-refractivity contribution in [3.05, 3.63) is 0 Å². The number of nitrogens with one attached hydrogen (secondary N) is 1. The van der Waals surface area contributed by atoms with Crippen molar-refractivity contribution < 1.29 is 23.1 Å². The van der Waals surface area contributed by atoms with E-state index in [0.29, 0.717) is 19.6 Å². The minimum absolute atomic E-state index is 0.0494. The van der Waals surface area contributed by atoms with Gasteiger partial charge in [-0.05, 0) is 19.8 Å². The summed E-state index contributed by atoms with van der Waals surface area (Å²) in [5, 5.41) is 3.29. The van der Waals surface area contributed by atoms with E-state index in [1.54, 1.807) is 0 Å². The number of rotatable bonds is 6. The molecule has 1 N–H and O–H groups in total. The summed E-state index contributed by atoms with van der Waals surface area (Å²) < 4.78 is 31.5. The lowest BCUT2D eigenvalue weighted by atomic mass is 9.84. The van der Waals surface area contributed by atoms with Gasteiger partial charge in [0.2, 0.25) is 0 Å². The zero-order valence-electron chi connectivity index (χ0n) is 15.2. The van der Waals surface area contributed by atoms with Gasteiger partial charge in [0.1, 0.15) is 0 Å². The van der Waals surface area contributed by atoms with Gasteiger partial charge in [0.15, 0.2) is 0 Å². The first-order valence-corrected chi connectivity index (χ1v) is 10.3. The highest BCUT2D eigenvalue weighted by atomic mass is 31.2. The Bertz CT molecular complexity index is 479. The minimum Gasteiger partial charge on any atom is -0.469 e. The number of hydrogen-bond donors (Lipinski definition) is 1. The molecule has 8 heteroatoms. The molecular weight excluding hydrogens is 331 g/mol. The molecule has 24 heavy (non-hydrogen) atoms. The van der Waals surface area contributed by atoms with Gasteiger partial charge in [0, 0.05) is 31.1 Å². The zero-order valence-corrected chi connectivity index (χ0v) is 16.1. The summed E-state index contributed by atoms with van der Waals surface area (Å²) in [6.45, 7) is 8.51. The molecule has 3 atom stereocenters. The molecule has 2 unspecified atom stereocenters. The second-order valence-electron chi connectivity index (χ2n) is 7.34. The summed E-state index contributed by atoms with van der Waals surface area (Å²) in [7, 11) is -1.85. The lowest BCUT2D eigenvalue weighted by molar-refractivity contribution is -0.140. The maximum Gasteiger partial charge on any atom is 0.408 e. The summed E-state index contributed by atoms with van der Waals surface area (Å²) in [5.41, 5.74) is -0.263. The Labute approximate surface area is 145 Å². The van der Waals surface area contributed by atoms with Crippen molar-refractivity contribution in [2.45, 2.75) is 58.6 Å². The number of methoxy groups -OCH3 is 1. The van der Waals surface area contributed by atoms with Crippen LogP contribution in [0.5, 0.6) is 0 Å². The largest absolute Gasteiger partial charge is 0.469 e. The van der Waals surface area contributed by atoms with Crippen LogP contribution in [0.2, 0.25) is 0 Å². The van der Waals surface area contributed by atoms with Crippen molar-refractivity contribution in [3.63, 3.8) is 0 Å². The highest BCUT2D eigenvalue weighted by Crippen LogP contribution is 2.59. The van der Waals surface area contributed by atoms with Crippen molar-refractivity contribution in [1.82, 2.24) is 9.99 Å². The standard InChI is InChI=1S/C16H31N2O5P/c1-13(17-9-8-14(19)21-4)15-16(2,3)12-22-24(20,23-15)18-10-6-5-7-11-18/h13,15,17H,5-12H2,1-4H3/t13?,15-,24?/m0/s1. The molecule has 2 rings (SSSR count). The molecule has 0 aromatic heterocycles. The van der Waals surface area contributed by atoms with Crippen molar-refractivity contribution in [3.8, 4) is 0 Å². The maximum atomic E-state index is 13.2. The fourth-order valence-electron chi connectivity index (χ4n) is 3.30. The van der Waals surface area contributed by atoms with Gasteiger partial charge < -0.3 is 10.1 Å². The van der Waals surface area contributed by atoms with E-state index in [4.69, 9.17) is 9.05 Å². The van der Waals surface area contributed by atoms with Crippen LogP contribution >= 0.6 is 7.75 Å². The topological polar surface area (TPSA) is 77.1 Å². The fourth-order valence-corrected chi connectivity index (χ4v) is 5.68. The van der Waals surface area contributed by atoms with Gasteiger partial charge in [-0.15, -0.1) is 0 Å². The van der Waals surface area contributed by atoms with Gasteiger partial charge in [-0.25, -0.2) is 9.24 Å². The smallest absolute Gasteiger partial charge is 0.408 e. The molecular formula is C16H31N2O5P. The summed E-state index contributed by atoms with van der Waals surface area (Å²) in [6, 6.07) is -0.0494. The van der Waals surface area contributed by atoms with E-state index in [2.05, 4.69) is 23.9 Å². The SMILES string of the molecule is COC(=O)CCNC(C)[C@@H]1OP(=O)(N2CCCCC2)OCC1(C)C. The molecule has 2 aliphatic heterocycles. The summed E-state index contributed by atoms with van der Waals surface area (Å²) in [4.78, 5) is 11.2. The van der Waals surface area contributed by atoms with Crippen molar-refractivity contribution in [2.75, 3.05) is 33.4 Å². The van der Waals surface area contributed by atoms with E-state index in [9.17, 15) is 9.36 Å². The summed E-state index contributed by atoms with van der Waals surface area (Å²) in [6.07, 6.45) is 3.26. The van der Waals surface area contributed by atoms with Crippen LogP contribution < -0.4 is 5.32 Å². The first kappa shape index (κ1) is 19.9. The molecule has 0 aromatic carbocycles. The molecule has 7 nitrogen and oxygen atoms in total. The van der Waals surface area contributed by atoms with Gasteiger partial charge in [-0.3, -0.25) is 13.8 Å². The third kappa shape index (κ3) is 4.79. The van der Waals surface area contributed by atoms with E-state index >= 15 is 0 Å². The molecule has 2 heterocycles. The van der Waals surface area contributed by atoms with Gasteiger partial charge >= 0.3 is 13.7 Å². The second-order valence-corrected chi connectivity index (χ2v) is 9.31. The monoisotopic (exact) mass is 362 g/mol. The molecule has 140 valence electrons. The van der Waals surface area contributed by atoms with E-state index in [-0.39, 0.29) is 23.5 Å². The molecule has 0 saturated carbocycles. The van der Waals surface area contributed by atoms with Crippen LogP contribution in [-0.2, 0) is 23.1 Å². The van der Waals surface area contributed by atoms with Crippen LogP contribution in [0.25, 0.3) is 0 Å². The minimum atomic E-state index is -3.23. The normalized spacial score (nSPS) is 32.2.